The Morgan fingerprint density at radius 1 is 1.25 bits per heavy atom. The summed E-state index contributed by atoms with van der Waals surface area (Å²) in [6.07, 6.45) is -1.24. The monoisotopic (exact) mass is 386 g/mol. The van der Waals surface area contributed by atoms with E-state index in [4.69, 9.17) is 14.6 Å². The third-order valence-corrected chi connectivity index (χ3v) is 4.79. The molecule has 2 amide bonds. The topological polar surface area (TPSA) is 88.1 Å². The highest BCUT2D eigenvalue weighted by molar-refractivity contribution is 6.00. The Bertz CT molecular complexity index is 975. The molecule has 0 saturated carbocycles. The first-order valence-electron chi connectivity index (χ1n) is 8.82. The number of aliphatic hydroxyl groups excluding tert-OH is 1. The number of anilines is 2. The normalized spacial score (nSPS) is 20.3. The van der Waals surface area contributed by atoms with Crippen molar-refractivity contribution in [1.82, 2.24) is 0 Å². The minimum absolute atomic E-state index is 0.159. The zero-order valence-electron chi connectivity index (χ0n) is 15.4. The Kier molecular flexibility index (Phi) is 4.23. The van der Waals surface area contributed by atoms with Crippen molar-refractivity contribution in [1.29, 1.82) is 0 Å². The van der Waals surface area contributed by atoms with Crippen LogP contribution in [0, 0.1) is 5.82 Å². The molecule has 0 unspecified atom stereocenters. The molecule has 1 atom stereocenters. The number of carbonyl (C=O) groups is 2. The van der Waals surface area contributed by atoms with E-state index in [0.717, 1.165) is 0 Å². The molecule has 8 heteroatoms. The zero-order valence-corrected chi connectivity index (χ0v) is 15.4. The summed E-state index contributed by atoms with van der Waals surface area (Å²) < 4.78 is 25.4. The largest absolute Gasteiger partial charge is 0.476 e. The molecule has 28 heavy (non-hydrogen) atoms. The molecule has 2 aliphatic rings. The van der Waals surface area contributed by atoms with Gasteiger partial charge in [-0.2, -0.15) is 0 Å². The zero-order chi connectivity index (χ0) is 20.1. The van der Waals surface area contributed by atoms with E-state index in [1.165, 1.54) is 11.0 Å². The predicted molar refractivity (Wildman–Crippen MR) is 99.9 cm³/mol. The number of nitrogens with zero attached hydrogens (tertiary/aromatic N) is 1. The van der Waals surface area contributed by atoms with Crippen LogP contribution in [0.2, 0.25) is 0 Å². The van der Waals surface area contributed by atoms with E-state index >= 15 is 0 Å². The number of cyclic esters (lactones) is 1. The number of halogens is 1. The van der Waals surface area contributed by atoms with Crippen LogP contribution in [0.15, 0.2) is 36.4 Å². The number of hydrogen-bond acceptors (Lipinski definition) is 5. The van der Waals surface area contributed by atoms with Crippen LogP contribution in [0.5, 0.6) is 5.75 Å². The molecule has 2 heterocycles. The molecule has 4 rings (SSSR count). The summed E-state index contributed by atoms with van der Waals surface area (Å²) >= 11 is 0. The van der Waals surface area contributed by atoms with Gasteiger partial charge < -0.3 is 19.9 Å². The molecule has 0 radical (unpaired) electrons. The van der Waals surface area contributed by atoms with Crippen molar-refractivity contribution in [3.8, 4) is 16.9 Å². The van der Waals surface area contributed by atoms with Crippen LogP contribution in [0.25, 0.3) is 11.1 Å². The molecule has 2 aromatic carbocycles. The molecule has 0 bridgehead atoms. The van der Waals surface area contributed by atoms with Crippen LogP contribution in [-0.4, -0.2) is 42.0 Å². The number of hydrogen-bond donors (Lipinski definition) is 2. The second-order valence-electron chi connectivity index (χ2n) is 7.24. The van der Waals surface area contributed by atoms with E-state index in [1.807, 2.05) is 0 Å². The second kappa shape index (κ2) is 6.49. The standard InChI is InChI=1S/C20H19FN2O5/c1-20(2)18(25)22-16-7-11(3-6-17(16)28-20)14-5-4-12(8-15(14)21)23-9-13(10-24)27-19(23)26/h3-8,13,24H,9-10H2,1-2H3,(H,22,25)/t13-/m1/s1. The van der Waals surface area contributed by atoms with Gasteiger partial charge in [-0.1, -0.05) is 6.07 Å². The van der Waals surface area contributed by atoms with Gasteiger partial charge in [-0.05, 0) is 49.7 Å². The fraction of sp³-hybridized carbons (Fsp3) is 0.300. The van der Waals surface area contributed by atoms with Crippen LogP contribution in [0.1, 0.15) is 13.8 Å². The van der Waals surface area contributed by atoms with Crippen LogP contribution in [0.3, 0.4) is 0 Å². The smallest absolute Gasteiger partial charge is 0.414 e. The highest BCUT2D eigenvalue weighted by Gasteiger charge is 2.35. The van der Waals surface area contributed by atoms with E-state index in [9.17, 15) is 14.0 Å². The average molecular weight is 386 g/mol. The van der Waals surface area contributed by atoms with Gasteiger partial charge in [0.1, 0.15) is 17.7 Å². The van der Waals surface area contributed by atoms with Crippen molar-refractivity contribution in [3.05, 3.63) is 42.2 Å². The minimum atomic E-state index is -0.974. The fourth-order valence-electron chi connectivity index (χ4n) is 3.21. The van der Waals surface area contributed by atoms with Gasteiger partial charge in [-0.3, -0.25) is 9.69 Å². The third-order valence-electron chi connectivity index (χ3n) is 4.79. The highest BCUT2D eigenvalue weighted by atomic mass is 19.1. The molecule has 2 N–H and O–H groups in total. The van der Waals surface area contributed by atoms with Crippen molar-refractivity contribution in [2.45, 2.75) is 25.6 Å². The number of amides is 2. The van der Waals surface area contributed by atoms with Crippen molar-refractivity contribution in [2.24, 2.45) is 0 Å². The number of benzene rings is 2. The maximum absolute atomic E-state index is 14.8. The molecule has 1 saturated heterocycles. The number of fused-ring (bicyclic) bond motifs is 1. The van der Waals surface area contributed by atoms with Crippen molar-refractivity contribution in [2.75, 3.05) is 23.4 Å². The van der Waals surface area contributed by atoms with Crippen LogP contribution in [0.4, 0.5) is 20.6 Å². The SMILES string of the molecule is CC1(C)Oc2ccc(-c3ccc(N4C[C@H](CO)OC4=O)cc3F)cc2NC1=O. The number of carbonyl (C=O) groups excluding carboxylic acids is 2. The molecule has 0 aliphatic carbocycles. The van der Waals surface area contributed by atoms with Gasteiger partial charge in [0.2, 0.25) is 0 Å². The van der Waals surface area contributed by atoms with Crippen molar-refractivity contribution < 1.29 is 28.6 Å². The molecule has 146 valence electrons. The first kappa shape index (κ1) is 18.2. The lowest BCUT2D eigenvalue weighted by atomic mass is 10.0. The summed E-state index contributed by atoms with van der Waals surface area (Å²) in [5.74, 6) is -0.291. The molecular weight excluding hydrogens is 367 g/mol. The molecule has 7 nitrogen and oxygen atoms in total. The number of rotatable bonds is 3. The Labute approximate surface area is 160 Å². The summed E-state index contributed by atoms with van der Waals surface area (Å²) in [5, 5.41) is 11.9. The van der Waals surface area contributed by atoms with Crippen LogP contribution in [-0.2, 0) is 9.53 Å². The summed E-state index contributed by atoms with van der Waals surface area (Å²) in [6, 6.07) is 9.44. The first-order valence-corrected chi connectivity index (χ1v) is 8.82. The Morgan fingerprint density at radius 3 is 2.71 bits per heavy atom. The van der Waals surface area contributed by atoms with Crippen molar-refractivity contribution in [3.63, 3.8) is 0 Å². The van der Waals surface area contributed by atoms with Gasteiger partial charge in [0.05, 0.1) is 24.5 Å². The Balaban J connectivity index is 1.63. The van der Waals surface area contributed by atoms with Gasteiger partial charge in [0, 0.05) is 5.56 Å². The Hall–Kier alpha value is -3.13. The quantitative estimate of drug-likeness (QED) is 0.847. The van der Waals surface area contributed by atoms with E-state index in [2.05, 4.69) is 5.32 Å². The molecule has 2 aromatic rings. The Morgan fingerprint density at radius 2 is 2.04 bits per heavy atom. The van der Waals surface area contributed by atoms with Crippen LogP contribution < -0.4 is 15.0 Å². The lowest BCUT2D eigenvalue weighted by Gasteiger charge is -2.31. The number of aliphatic hydroxyl groups is 1. The molecule has 0 aromatic heterocycles. The summed E-state index contributed by atoms with van der Waals surface area (Å²) in [7, 11) is 0. The van der Waals surface area contributed by atoms with Gasteiger partial charge in [0.25, 0.3) is 5.91 Å². The maximum Gasteiger partial charge on any atom is 0.414 e. The third kappa shape index (κ3) is 3.05. The fourth-order valence-corrected chi connectivity index (χ4v) is 3.21. The minimum Gasteiger partial charge on any atom is -0.476 e. The van der Waals surface area contributed by atoms with Gasteiger partial charge in [0.15, 0.2) is 5.60 Å². The van der Waals surface area contributed by atoms with Gasteiger partial charge >= 0.3 is 6.09 Å². The van der Waals surface area contributed by atoms with Crippen molar-refractivity contribution >= 4 is 23.4 Å². The second-order valence-corrected chi connectivity index (χ2v) is 7.24. The van der Waals surface area contributed by atoms with Gasteiger partial charge in [-0.15, -0.1) is 0 Å². The maximum atomic E-state index is 14.8. The van der Waals surface area contributed by atoms with E-state index in [0.29, 0.717) is 28.3 Å². The van der Waals surface area contributed by atoms with E-state index in [-0.39, 0.29) is 19.1 Å². The van der Waals surface area contributed by atoms with E-state index in [1.54, 1.807) is 44.2 Å². The molecule has 2 aliphatic heterocycles. The summed E-state index contributed by atoms with van der Waals surface area (Å²) in [6.45, 7) is 3.21. The first-order chi connectivity index (χ1) is 13.3. The molecule has 0 spiro atoms. The highest BCUT2D eigenvalue weighted by Crippen LogP contribution is 2.38. The summed E-state index contributed by atoms with van der Waals surface area (Å²) in [4.78, 5) is 25.2. The molecular formula is C20H19FN2O5. The molecule has 1 fully saturated rings. The number of nitrogens with one attached hydrogen (secondary N) is 1. The summed E-state index contributed by atoms with van der Waals surface area (Å²) in [5.41, 5.74) is 0.719. The predicted octanol–water partition coefficient (Wildman–Crippen LogP) is 2.92. The number of ether oxygens (including phenoxy) is 2. The average Bonchev–Trinajstić information content (AvgIpc) is 3.03. The lowest BCUT2D eigenvalue weighted by Crippen LogP contribution is -2.45. The van der Waals surface area contributed by atoms with Gasteiger partial charge in [-0.25, -0.2) is 9.18 Å². The van der Waals surface area contributed by atoms with E-state index < -0.39 is 23.6 Å². The van der Waals surface area contributed by atoms with Crippen LogP contribution >= 0.6 is 0 Å². The lowest BCUT2D eigenvalue weighted by molar-refractivity contribution is -0.129.